The number of halogens is 1. The summed E-state index contributed by atoms with van der Waals surface area (Å²) in [7, 11) is -4.07. The standard InChI is InChI=1S/C26H26ClN3O4S2/c1-16(2)30-22-12-9-20(14-24(22)35-26(30)32)28-25(31)15-29(23-13-19(27)8-7-18(23)4)36(33,34)21-10-5-17(3)6-11-21/h5-14,16H,15H2,1-4H3,(H,28,31). The second kappa shape index (κ2) is 10.1. The highest BCUT2D eigenvalue weighted by atomic mass is 35.5. The van der Waals surface area contributed by atoms with E-state index in [0.29, 0.717) is 22.0 Å². The normalized spacial score (nSPS) is 11.7. The molecule has 10 heteroatoms. The Hall–Kier alpha value is -3.14. The van der Waals surface area contributed by atoms with E-state index in [1.165, 1.54) is 18.2 Å². The predicted octanol–water partition coefficient (Wildman–Crippen LogP) is 5.75. The van der Waals surface area contributed by atoms with Crippen molar-refractivity contribution in [3.63, 3.8) is 0 Å². The first kappa shape index (κ1) is 25.9. The molecule has 4 aromatic rings. The molecule has 0 radical (unpaired) electrons. The molecule has 1 aromatic heterocycles. The molecule has 0 saturated carbocycles. The third kappa shape index (κ3) is 5.18. The Labute approximate surface area is 219 Å². The van der Waals surface area contributed by atoms with Gasteiger partial charge in [0.05, 0.1) is 20.8 Å². The first-order chi connectivity index (χ1) is 17.0. The van der Waals surface area contributed by atoms with Crippen LogP contribution < -0.4 is 14.5 Å². The van der Waals surface area contributed by atoms with Crippen molar-refractivity contribution >= 4 is 60.5 Å². The maximum Gasteiger partial charge on any atom is 0.308 e. The minimum atomic E-state index is -4.07. The molecule has 0 fully saturated rings. The van der Waals surface area contributed by atoms with Gasteiger partial charge in [0.25, 0.3) is 10.0 Å². The Morgan fingerprint density at radius 2 is 1.75 bits per heavy atom. The zero-order valence-electron chi connectivity index (χ0n) is 20.3. The molecule has 0 aliphatic heterocycles. The number of anilines is 2. The fourth-order valence-corrected chi connectivity index (χ4v) is 6.62. The van der Waals surface area contributed by atoms with Crippen molar-refractivity contribution < 1.29 is 13.2 Å². The van der Waals surface area contributed by atoms with Crippen LogP contribution >= 0.6 is 22.9 Å². The number of nitrogens with one attached hydrogen (secondary N) is 1. The van der Waals surface area contributed by atoms with Crippen LogP contribution in [0.1, 0.15) is 31.0 Å². The van der Waals surface area contributed by atoms with Gasteiger partial charge < -0.3 is 5.32 Å². The lowest BCUT2D eigenvalue weighted by Crippen LogP contribution is -2.38. The van der Waals surface area contributed by atoms with Gasteiger partial charge in [0.1, 0.15) is 6.54 Å². The average molecular weight is 544 g/mol. The number of hydrogen-bond acceptors (Lipinski definition) is 5. The van der Waals surface area contributed by atoms with E-state index in [1.807, 2.05) is 20.8 Å². The van der Waals surface area contributed by atoms with Gasteiger partial charge in [-0.3, -0.25) is 18.5 Å². The number of aryl methyl sites for hydroxylation is 2. The Morgan fingerprint density at radius 3 is 2.42 bits per heavy atom. The Morgan fingerprint density at radius 1 is 1.06 bits per heavy atom. The smallest absolute Gasteiger partial charge is 0.308 e. The van der Waals surface area contributed by atoms with Gasteiger partial charge in [0.2, 0.25) is 5.91 Å². The number of thiazole rings is 1. The minimum absolute atomic E-state index is 0.00756. The Kier molecular flexibility index (Phi) is 7.26. The van der Waals surface area contributed by atoms with Crippen molar-refractivity contribution in [1.82, 2.24) is 4.57 Å². The maximum absolute atomic E-state index is 13.6. The SMILES string of the molecule is Cc1ccc(S(=O)(=O)N(CC(=O)Nc2ccc3c(c2)sc(=O)n3C(C)C)c2cc(Cl)ccc2C)cc1. The van der Waals surface area contributed by atoms with Crippen molar-refractivity contribution in [3.8, 4) is 0 Å². The molecule has 7 nitrogen and oxygen atoms in total. The van der Waals surface area contributed by atoms with Crippen LogP contribution in [-0.2, 0) is 14.8 Å². The largest absolute Gasteiger partial charge is 0.324 e. The van der Waals surface area contributed by atoms with Crippen molar-refractivity contribution in [2.24, 2.45) is 0 Å². The van der Waals surface area contributed by atoms with Crippen LogP contribution in [0.25, 0.3) is 10.2 Å². The summed E-state index contributed by atoms with van der Waals surface area (Å²) in [6.45, 7) is 7.04. The number of nitrogens with zero attached hydrogens (tertiary/aromatic N) is 2. The second-order valence-corrected chi connectivity index (χ2v) is 12.1. The molecule has 0 aliphatic rings. The van der Waals surface area contributed by atoms with Gasteiger partial charge in [-0.05, 0) is 75.7 Å². The van der Waals surface area contributed by atoms with Crippen LogP contribution in [0, 0.1) is 13.8 Å². The third-order valence-electron chi connectivity index (χ3n) is 5.75. The second-order valence-electron chi connectivity index (χ2n) is 8.82. The van der Waals surface area contributed by atoms with Crippen LogP contribution in [0.15, 0.2) is 70.4 Å². The summed E-state index contributed by atoms with van der Waals surface area (Å²) in [5.74, 6) is -0.528. The van der Waals surface area contributed by atoms with Crippen molar-refractivity contribution in [3.05, 3.63) is 86.5 Å². The first-order valence-corrected chi connectivity index (χ1v) is 13.9. The van der Waals surface area contributed by atoms with Gasteiger partial charge in [-0.15, -0.1) is 0 Å². The van der Waals surface area contributed by atoms with E-state index in [2.05, 4.69) is 5.32 Å². The maximum atomic E-state index is 13.6. The molecular formula is C26H26ClN3O4S2. The number of benzene rings is 3. The van der Waals surface area contributed by atoms with Gasteiger partial charge >= 0.3 is 4.87 Å². The molecule has 4 rings (SSSR count). The summed E-state index contributed by atoms with van der Waals surface area (Å²) in [5, 5.41) is 3.13. The van der Waals surface area contributed by atoms with E-state index in [4.69, 9.17) is 11.6 Å². The third-order valence-corrected chi connectivity index (χ3v) is 8.68. The highest BCUT2D eigenvalue weighted by Crippen LogP contribution is 2.30. The molecule has 0 spiro atoms. The van der Waals surface area contributed by atoms with Crippen molar-refractivity contribution in [2.45, 2.75) is 38.6 Å². The number of carbonyl (C=O) groups excluding carboxylic acids is 1. The molecule has 0 aliphatic carbocycles. The highest BCUT2D eigenvalue weighted by molar-refractivity contribution is 7.92. The van der Waals surface area contributed by atoms with Crippen LogP contribution in [-0.4, -0.2) is 25.4 Å². The minimum Gasteiger partial charge on any atom is -0.324 e. The fraction of sp³-hybridized carbons (Fsp3) is 0.231. The molecule has 0 saturated heterocycles. The average Bonchev–Trinajstić information content (AvgIpc) is 3.14. The molecule has 0 bridgehead atoms. The lowest BCUT2D eigenvalue weighted by molar-refractivity contribution is -0.114. The predicted molar refractivity (Wildman–Crippen MR) is 147 cm³/mol. The molecule has 1 amide bonds. The number of amides is 1. The molecule has 3 aromatic carbocycles. The highest BCUT2D eigenvalue weighted by Gasteiger charge is 2.28. The van der Waals surface area contributed by atoms with E-state index < -0.39 is 22.5 Å². The van der Waals surface area contributed by atoms with Crippen LogP contribution in [0.2, 0.25) is 5.02 Å². The quantitative estimate of drug-likeness (QED) is 0.321. The molecule has 1 heterocycles. The van der Waals surface area contributed by atoms with E-state index in [1.54, 1.807) is 54.0 Å². The summed E-state index contributed by atoms with van der Waals surface area (Å²) in [6.07, 6.45) is 0. The van der Waals surface area contributed by atoms with Gasteiger partial charge in [-0.2, -0.15) is 0 Å². The van der Waals surface area contributed by atoms with E-state index >= 15 is 0 Å². The monoisotopic (exact) mass is 543 g/mol. The zero-order valence-corrected chi connectivity index (χ0v) is 22.7. The molecule has 0 unspecified atom stereocenters. The summed E-state index contributed by atoms with van der Waals surface area (Å²) < 4.78 is 30.8. The van der Waals surface area contributed by atoms with Gasteiger partial charge in [0, 0.05) is 16.8 Å². The number of carbonyl (C=O) groups is 1. The van der Waals surface area contributed by atoms with Crippen molar-refractivity contribution in [1.29, 1.82) is 0 Å². The topological polar surface area (TPSA) is 88.5 Å². The van der Waals surface area contributed by atoms with Gasteiger partial charge in [0.15, 0.2) is 0 Å². The molecule has 188 valence electrons. The van der Waals surface area contributed by atoms with E-state index in [9.17, 15) is 18.0 Å². The molecular weight excluding hydrogens is 518 g/mol. The lowest BCUT2D eigenvalue weighted by Gasteiger charge is -2.26. The van der Waals surface area contributed by atoms with Gasteiger partial charge in [-0.1, -0.05) is 46.7 Å². The molecule has 36 heavy (non-hydrogen) atoms. The summed E-state index contributed by atoms with van der Waals surface area (Å²) in [6, 6.07) is 16.6. The number of aromatic nitrogens is 1. The van der Waals surface area contributed by atoms with E-state index in [0.717, 1.165) is 31.4 Å². The van der Waals surface area contributed by atoms with Crippen LogP contribution in [0.4, 0.5) is 11.4 Å². The summed E-state index contributed by atoms with van der Waals surface area (Å²) in [4.78, 5) is 25.5. The van der Waals surface area contributed by atoms with Gasteiger partial charge in [-0.25, -0.2) is 8.42 Å². The van der Waals surface area contributed by atoms with Crippen LogP contribution in [0.3, 0.4) is 0 Å². The zero-order chi connectivity index (χ0) is 26.2. The van der Waals surface area contributed by atoms with Crippen LogP contribution in [0.5, 0.6) is 0 Å². The lowest BCUT2D eigenvalue weighted by atomic mass is 10.2. The Balaban J connectivity index is 1.68. The molecule has 1 N–H and O–H groups in total. The summed E-state index contributed by atoms with van der Waals surface area (Å²) >= 11 is 7.29. The number of fused-ring (bicyclic) bond motifs is 1. The number of hydrogen-bond donors (Lipinski definition) is 1. The first-order valence-electron chi connectivity index (χ1n) is 11.3. The summed E-state index contributed by atoms with van der Waals surface area (Å²) in [5.41, 5.74) is 3.16. The van der Waals surface area contributed by atoms with E-state index in [-0.39, 0.29) is 15.8 Å². The Bertz CT molecular complexity index is 1610. The molecule has 0 atom stereocenters. The number of rotatable bonds is 7. The number of sulfonamides is 1. The van der Waals surface area contributed by atoms with Crippen molar-refractivity contribution in [2.75, 3.05) is 16.2 Å². The fourth-order valence-electron chi connectivity index (χ4n) is 3.92.